The number of nitrogens with zero attached hydrogens (tertiary/aromatic N) is 3. The fourth-order valence-electron chi connectivity index (χ4n) is 3.41. The first-order chi connectivity index (χ1) is 12.3. The van der Waals surface area contributed by atoms with Crippen molar-refractivity contribution in [3.05, 3.63) is 60.0 Å². The van der Waals surface area contributed by atoms with Crippen LogP contribution < -0.4 is 5.32 Å². The smallest absolute Gasteiger partial charge is 0.229 e. The molecule has 0 saturated heterocycles. The lowest BCUT2D eigenvalue weighted by molar-refractivity contribution is -0.115. The van der Waals surface area contributed by atoms with Gasteiger partial charge in [0.05, 0.1) is 12.1 Å². The van der Waals surface area contributed by atoms with Crippen LogP contribution in [0.3, 0.4) is 0 Å². The number of carbonyl (C=O) groups is 1. The normalized spacial score (nSPS) is 14.7. The first kappa shape index (κ1) is 15.6. The van der Waals surface area contributed by atoms with Gasteiger partial charge >= 0.3 is 0 Å². The van der Waals surface area contributed by atoms with Crippen molar-refractivity contribution in [1.82, 2.24) is 20.0 Å². The highest BCUT2D eigenvalue weighted by atomic mass is 16.1. The number of aromatic amines is 1. The zero-order chi connectivity index (χ0) is 17.1. The number of rotatable bonds is 5. The van der Waals surface area contributed by atoms with E-state index in [2.05, 4.69) is 20.6 Å². The first-order valence-corrected chi connectivity index (χ1v) is 8.72. The molecule has 2 N–H and O–H groups in total. The zero-order valence-corrected chi connectivity index (χ0v) is 14.0. The maximum absolute atomic E-state index is 12.2. The summed E-state index contributed by atoms with van der Waals surface area (Å²) >= 11 is 0. The van der Waals surface area contributed by atoms with Gasteiger partial charge in [0.2, 0.25) is 5.91 Å². The average molecular weight is 335 g/mol. The van der Waals surface area contributed by atoms with Crippen LogP contribution >= 0.6 is 0 Å². The largest absolute Gasteiger partial charge is 0.309 e. The molecule has 4 rings (SSSR count). The molecule has 0 spiro atoms. The quantitative estimate of drug-likeness (QED) is 0.750. The topological polar surface area (TPSA) is 75.6 Å². The van der Waals surface area contributed by atoms with Crippen molar-refractivity contribution in [2.45, 2.75) is 38.0 Å². The highest BCUT2D eigenvalue weighted by molar-refractivity contribution is 5.91. The molecule has 6 heteroatoms. The van der Waals surface area contributed by atoms with Gasteiger partial charge < -0.3 is 5.32 Å². The molecule has 1 aliphatic rings. The summed E-state index contributed by atoms with van der Waals surface area (Å²) in [6, 6.07) is 11.7. The molecule has 3 aromatic rings. The fraction of sp³-hybridized carbons (Fsp3) is 0.316. The molecule has 1 amide bonds. The number of amides is 1. The Morgan fingerprint density at radius 1 is 1.24 bits per heavy atom. The molecule has 1 aliphatic carbocycles. The molecule has 128 valence electrons. The van der Waals surface area contributed by atoms with Crippen LogP contribution in [0.25, 0.3) is 5.69 Å². The molecule has 0 unspecified atom stereocenters. The molecule has 1 saturated carbocycles. The first-order valence-electron chi connectivity index (χ1n) is 8.72. The molecule has 0 radical (unpaired) electrons. The van der Waals surface area contributed by atoms with Gasteiger partial charge in [-0.15, -0.1) is 0 Å². The van der Waals surface area contributed by atoms with Crippen LogP contribution in [0.1, 0.15) is 42.9 Å². The molecule has 0 aliphatic heterocycles. The molecule has 1 fully saturated rings. The lowest BCUT2D eigenvalue weighted by atomic mass is 10.0. The number of benzene rings is 1. The van der Waals surface area contributed by atoms with Crippen LogP contribution in [0, 0.1) is 0 Å². The maximum atomic E-state index is 12.2. The minimum Gasteiger partial charge on any atom is -0.309 e. The van der Waals surface area contributed by atoms with Crippen LogP contribution in [0.2, 0.25) is 0 Å². The number of nitrogens with one attached hydrogen (secondary N) is 2. The van der Waals surface area contributed by atoms with E-state index in [1.54, 1.807) is 10.9 Å². The molecule has 25 heavy (non-hydrogen) atoms. The lowest BCUT2D eigenvalue weighted by Crippen LogP contribution is -2.14. The summed E-state index contributed by atoms with van der Waals surface area (Å²) in [4.78, 5) is 12.2. The lowest BCUT2D eigenvalue weighted by Gasteiger charge is -2.05. The van der Waals surface area contributed by atoms with Crippen molar-refractivity contribution >= 4 is 11.7 Å². The minimum atomic E-state index is -0.0590. The van der Waals surface area contributed by atoms with Crippen LogP contribution in [0.15, 0.2) is 48.8 Å². The molecule has 0 atom stereocenters. The zero-order valence-electron chi connectivity index (χ0n) is 14.0. The summed E-state index contributed by atoms with van der Waals surface area (Å²) in [5.74, 6) is 1.12. The Hall–Kier alpha value is -2.89. The van der Waals surface area contributed by atoms with E-state index in [0.717, 1.165) is 16.9 Å². The van der Waals surface area contributed by atoms with E-state index in [0.29, 0.717) is 18.2 Å². The van der Waals surface area contributed by atoms with E-state index in [1.165, 1.54) is 25.7 Å². The third-order valence-corrected chi connectivity index (χ3v) is 4.73. The van der Waals surface area contributed by atoms with Crippen molar-refractivity contribution in [3.8, 4) is 5.69 Å². The predicted octanol–water partition coefficient (Wildman–Crippen LogP) is 3.43. The Kier molecular flexibility index (Phi) is 4.33. The minimum absolute atomic E-state index is 0.0590. The summed E-state index contributed by atoms with van der Waals surface area (Å²) < 4.78 is 1.79. The van der Waals surface area contributed by atoms with Gasteiger partial charge in [0, 0.05) is 30.1 Å². The van der Waals surface area contributed by atoms with Crippen molar-refractivity contribution in [1.29, 1.82) is 0 Å². The van der Waals surface area contributed by atoms with Gasteiger partial charge in [0.15, 0.2) is 5.82 Å². The van der Waals surface area contributed by atoms with E-state index in [-0.39, 0.29) is 5.91 Å². The highest BCUT2D eigenvalue weighted by Crippen LogP contribution is 2.33. The number of hydrogen-bond acceptors (Lipinski definition) is 3. The third-order valence-electron chi connectivity index (χ3n) is 4.73. The van der Waals surface area contributed by atoms with E-state index < -0.39 is 0 Å². The monoisotopic (exact) mass is 335 g/mol. The predicted molar refractivity (Wildman–Crippen MR) is 95.7 cm³/mol. The van der Waals surface area contributed by atoms with Gasteiger partial charge in [-0.25, -0.2) is 4.68 Å². The SMILES string of the molecule is O=C(Cc1ccc(-n2cccn2)cc1)Nc1cc(C2CCCC2)[nH]n1. The van der Waals surface area contributed by atoms with E-state index in [1.807, 2.05) is 42.6 Å². The van der Waals surface area contributed by atoms with E-state index >= 15 is 0 Å². The average Bonchev–Trinajstić information content (AvgIpc) is 3.37. The number of aromatic nitrogens is 4. The van der Waals surface area contributed by atoms with Crippen molar-refractivity contribution in [2.24, 2.45) is 0 Å². The second-order valence-electron chi connectivity index (χ2n) is 6.53. The Labute approximate surface area is 146 Å². The molecular formula is C19H21N5O. The van der Waals surface area contributed by atoms with Gasteiger partial charge in [-0.1, -0.05) is 25.0 Å². The Balaban J connectivity index is 1.35. The Morgan fingerprint density at radius 3 is 2.76 bits per heavy atom. The third kappa shape index (κ3) is 3.63. The van der Waals surface area contributed by atoms with Crippen LogP contribution in [0.4, 0.5) is 5.82 Å². The summed E-state index contributed by atoms with van der Waals surface area (Å²) in [5.41, 5.74) is 3.07. The van der Waals surface area contributed by atoms with E-state index in [9.17, 15) is 4.79 Å². The van der Waals surface area contributed by atoms with Gasteiger partial charge in [-0.3, -0.25) is 9.89 Å². The Morgan fingerprint density at radius 2 is 2.04 bits per heavy atom. The maximum Gasteiger partial charge on any atom is 0.229 e. The number of carbonyl (C=O) groups excluding carboxylic acids is 1. The summed E-state index contributed by atoms with van der Waals surface area (Å²) in [5, 5.41) is 14.4. The van der Waals surface area contributed by atoms with Crippen molar-refractivity contribution in [2.75, 3.05) is 5.32 Å². The molecule has 2 heterocycles. The van der Waals surface area contributed by atoms with Crippen molar-refractivity contribution < 1.29 is 4.79 Å². The highest BCUT2D eigenvalue weighted by Gasteiger charge is 2.19. The summed E-state index contributed by atoms with van der Waals surface area (Å²) in [7, 11) is 0. The van der Waals surface area contributed by atoms with Crippen molar-refractivity contribution in [3.63, 3.8) is 0 Å². The van der Waals surface area contributed by atoms with E-state index in [4.69, 9.17) is 0 Å². The summed E-state index contributed by atoms with van der Waals surface area (Å²) in [6.07, 6.45) is 8.92. The number of H-pyrrole nitrogens is 1. The van der Waals surface area contributed by atoms with Gasteiger partial charge in [0.1, 0.15) is 0 Å². The molecule has 1 aromatic carbocycles. The fourth-order valence-corrected chi connectivity index (χ4v) is 3.41. The molecular weight excluding hydrogens is 314 g/mol. The molecule has 6 nitrogen and oxygen atoms in total. The summed E-state index contributed by atoms with van der Waals surface area (Å²) in [6.45, 7) is 0. The second-order valence-corrected chi connectivity index (χ2v) is 6.53. The van der Waals surface area contributed by atoms with Crippen LogP contribution in [0.5, 0.6) is 0 Å². The molecule has 0 bridgehead atoms. The van der Waals surface area contributed by atoms with Gasteiger partial charge in [-0.05, 0) is 36.6 Å². The standard InChI is InChI=1S/C19H21N5O/c25-19(21-18-13-17(22-23-18)15-4-1-2-5-15)12-14-6-8-16(9-7-14)24-11-3-10-20-24/h3,6-11,13,15H,1-2,4-5,12H2,(H2,21,22,23,25). The molecule has 2 aromatic heterocycles. The van der Waals surface area contributed by atoms with Crippen LogP contribution in [-0.2, 0) is 11.2 Å². The van der Waals surface area contributed by atoms with Crippen LogP contribution in [-0.4, -0.2) is 25.9 Å². The number of anilines is 1. The number of hydrogen-bond donors (Lipinski definition) is 2. The van der Waals surface area contributed by atoms with Gasteiger partial charge in [0.25, 0.3) is 0 Å². The van der Waals surface area contributed by atoms with Gasteiger partial charge in [-0.2, -0.15) is 10.2 Å². The second kappa shape index (κ2) is 6.93. The Bertz CT molecular complexity index is 829.